The molecule has 0 fully saturated rings. The van der Waals surface area contributed by atoms with Crippen molar-refractivity contribution in [1.29, 1.82) is 0 Å². The van der Waals surface area contributed by atoms with Gasteiger partial charge in [-0.15, -0.1) is 23.5 Å². The molecular weight excluding hydrogens is 268 g/mol. The Morgan fingerprint density at radius 3 is 2.05 bits per heavy atom. The van der Waals surface area contributed by atoms with E-state index < -0.39 is 0 Å². The third kappa shape index (κ3) is 5.75. The molecule has 0 spiro atoms. The molecule has 0 aliphatic heterocycles. The molecule has 0 amide bonds. The minimum Gasteiger partial charge on any atom is -0.126 e. The topological polar surface area (TPSA) is 0 Å². The number of hydrogen-bond acceptors (Lipinski definition) is 2. The maximum atomic E-state index is 2.32. The summed E-state index contributed by atoms with van der Waals surface area (Å²) >= 11 is 3.94. The Balaban J connectivity index is 1.63. The van der Waals surface area contributed by atoms with Crippen molar-refractivity contribution in [1.82, 2.24) is 0 Å². The maximum absolute atomic E-state index is 2.32. The van der Waals surface area contributed by atoms with Gasteiger partial charge in [0.15, 0.2) is 0 Å². The first-order chi connectivity index (χ1) is 9.34. The van der Waals surface area contributed by atoms with Gasteiger partial charge in [-0.25, -0.2) is 0 Å². The molecule has 0 aliphatic carbocycles. The van der Waals surface area contributed by atoms with E-state index in [2.05, 4.69) is 67.6 Å². The fourth-order valence-corrected chi connectivity index (χ4v) is 3.83. The highest BCUT2D eigenvalue weighted by Crippen LogP contribution is 2.27. The fourth-order valence-electron chi connectivity index (χ4n) is 1.87. The van der Waals surface area contributed by atoms with E-state index in [4.69, 9.17) is 0 Å². The summed E-state index contributed by atoms with van der Waals surface area (Å²) in [4.78, 5) is 2.76. The van der Waals surface area contributed by atoms with E-state index in [-0.39, 0.29) is 0 Å². The lowest BCUT2D eigenvalue weighted by Crippen LogP contribution is -1.96. The van der Waals surface area contributed by atoms with Crippen molar-refractivity contribution in [3.8, 4) is 0 Å². The molecule has 1 atom stereocenters. The average Bonchev–Trinajstić information content (AvgIpc) is 2.46. The lowest BCUT2D eigenvalue weighted by molar-refractivity contribution is 0.794. The minimum absolute atomic E-state index is 0.693. The predicted molar refractivity (Wildman–Crippen MR) is 88.2 cm³/mol. The molecule has 0 aliphatic rings. The van der Waals surface area contributed by atoms with Gasteiger partial charge in [-0.3, -0.25) is 0 Å². The summed E-state index contributed by atoms with van der Waals surface area (Å²) in [5.74, 6) is 1.21. The number of hydrogen-bond donors (Lipinski definition) is 0. The Morgan fingerprint density at radius 2 is 1.42 bits per heavy atom. The highest BCUT2D eigenvalue weighted by molar-refractivity contribution is 8.00. The van der Waals surface area contributed by atoms with Gasteiger partial charge in [0.05, 0.1) is 0 Å². The van der Waals surface area contributed by atoms with Gasteiger partial charge in [-0.05, 0) is 42.9 Å². The Hall–Kier alpha value is -0.860. The Morgan fingerprint density at radius 1 is 0.842 bits per heavy atom. The van der Waals surface area contributed by atoms with E-state index in [9.17, 15) is 0 Å². The standard InChI is InChI=1S/C17H20S2/c1-15(19-17-12-6-3-7-13-17)9-8-14-18-16-10-4-2-5-11-16/h2-7,10-13,15H,8-9,14H2,1H3. The minimum atomic E-state index is 0.693. The molecule has 100 valence electrons. The van der Waals surface area contributed by atoms with Gasteiger partial charge >= 0.3 is 0 Å². The van der Waals surface area contributed by atoms with E-state index in [0.717, 1.165) is 0 Å². The van der Waals surface area contributed by atoms with Gasteiger partial charge in [0.25, 0.3) is 0 Å². The highest BCUT2D eigenvalue weighted by atomic mass is 32.2. The molecule has 2 aromatic carbocycles. The Kier molecular flexibility index (Phi) is 6.38. The van der Waals surface area contributed by atoms with E-state index in [1.807, 2.05) is 23.5 Å². The van der Waals surface area contributed by atoms with Crippen LogP contribution in [0.15, 0.2) is 70.5 Å². The average molecular weight is 288 g/mol. The number of rotatable bonds is 7. The molecule has 19 heavy (non-hydrogen) atoms. The van der Waals surface area contributed by atoms with Crippen LogP contribution in [0.5, 0.6) is 0 Å². The van der Waals surface area contributed by atoms with Gasteiger partial charge in [0.2, 0.25) is 0 Å². The molecule has 0 heterocycles. The lowest BCUT2D eigenvalue weighted by Gasteiger charge is -2.10. The van der Waals surface area contributed by atoms with Crippen molar-refractivity contribution in [2.24, 2.45) is 0 Å². The molecule has 2 heteroatoms. The van der Waals surface area contributed by atoms with Crippen LogP contribution >= 0.6 is 23.5 Å². The van der Waals surface area contributed by atoms with Crippen LogP contribution < -0.4 is 0 Å². The monoisotopic (exact) mass is 288 g/mol. The Bertz CT molecular complexity index is 453. The second-order valence-corrected chi connectivity index (χ2v) is 7.23. The molecule has 1 unspecified atom stereocenters. The third-order valence-electron chi connectivity index (χ3n) is 2.85. The summed E-state index contributed by atoms with van der Waals surface area (Å²) in [6.45, 7) is 2.32. The van der Waals surface area contributed by atoms with Gasteiger partial charge in [0.1, 0.15) is 0 Å². The molecule has 2 aromatic rings. The predicted octanol–water partition coefficient (Wildman–Crippen LogP) is 5.74. The van der Waals surface area contributed by atoms with E-state index in [1.165, 1.54) is 28.4 Å². The summed E-state index contributed by atoms with van der Waals surface area (Å²) < 4.78 is 0. The van der Waals surface area contributed by atoms with Crippen molar-refractivity contribution < 1.29 is 0 Å². The SMILES string of the molecule is CC(CCCSc1ccccc1)Sc1ccccc1. The molecule has 0 saturated carbocycles. The second-order valence-electron chi connectivity index (χ2n) is 4.55. The van der Waals surface area contributed by atoms with Crippen molar-refractivity contribution in [3.05, 3.63) is 60.7 Å². The molecular formula is C17H20S2. The van der Waals surface area contributed by atoms with Gasteiger partial charge in [-0.2, -0.15) is 0 Å². The van der Waals surface area contributed by atoms with Crippen LogP contribution in [0.3, 0.4) is 0 Å². The van der Waals surface area contributed by atoms with Crippen LogP contribution in [0.25, 0.3) is 0 Å². The molecule has 2 rings (SSSR count). The second kappa shape index (κ2) is 8.34. The molecule has 0 aromatic heterocycles. The van der Waals surface area contributed by atoms with Gasteiger partial charge in [-0.1, -0.05) is 43.3 Å². The van der Waals surface area contributed by atoms with Crippen molar-refractivity contribution in [2.75, 3.05) is 5.75 Å². The van der Waals surface area contributed by atoms with Crippen LogP contribution in [0.2, 0.25) is 0 Å². The first kappa shape index (κ1) is 14.5. The zero-order valence-corrected chi connectivity index (χ0v) is 12.9. The summed E-state index contributed by atoms with van der Waals surface area (Å²) in [5.41, 5.74) is 0. The maximum Gasteiger partial charge on any atom is 0.00746 e. The smallest absolute Gasteiger partial charge is 0.00746 e. The van der Waals surface area contributed by atoms with E-state index >= 15 is 0 Å². The summed E-state index contributed by atoms with van der Waals surface area (Å²) in [6.07, 6.45) is 2.56. The number of benzene rings is 2. The summed E-state index contributed by atoms with van der Waals surface area (Å²) in [5, 5.41) is 0.693. The Labute approximate surface area is 125 Å². The molecule has 0 saturated heterocycles. The van der Waals surface area contributed by atoms with Crippen molar-refractivity contribution in [2.45, 2.75) is 34.8 Å². The van der Waals surface area contributed by atoms with Crippen LogP contribution in [0, 0.1) is 0 Å². The summed E-state index contributed by atoms with van der Waals surface area (Å²) in [6, 6.07) is 21.3. The normalized spacial score (nSPS) is 12.3. The van der Waals surface area contributed by atoms with Crippen molar-refractivity contribution in [3.63, 3.8) is 0 Å². The van der Waals surface area contributed by atoms with Gasteiger partial charge < -0.3 is 0 Å². The van der Waals surface area contributed by atoms with Crippen LogP contribution in [0.4, 0.5) is 0 Å². The number of thioether (sulfide) groups is 2. The molecule has 0 bridgehead atoms. The van der Waals surface area contributed by atoms with E-state index in [0.29, 0.717) is 5.25 Å². The first-order valence-electron chi connectivity index (χ1n) is 6.74. The zero-order chi connectivity index (χ0) is 13.3. The molecule has 0 N–H and O–H groups in total. The van der Waals surface area contributed by atoms with Crippen LogP contribution in [-0.4, -0.2) is 11.0 Å². The molecule has 0 radical (unpaired) electrons. The van der Waals surface area contributed by atoms with Crippen molar-refractivity contribution >= 4 is 23.5 Å². The fraction of sp³-hybridized carbons (Fsp3) is 0.294. The van der Waals surface area contributed by atoms with Crippen LogP contribution in [-0.2, 0) is 0 Å². The highest BCUT2D eigenvalue weighted by Gasteiger charge is 2.04. The third-order valence-corrected chi connectivity index (χ3v) is 5.13. The molecule has 0 nitrogen and oxygen atoms in total. The van der Waals surface area contributed by atoms with Crippen LogP contribution in [0.1, 0.15) is 19.8 Å². The summed E-state index contributed by atoms with van der Waals surface area (Å²) in [7, 11) is 0. The quantitative estimate of drug-likeness (QED) is 0.470. The zero-order valence-electron chi connectivity index (χ0n) is 11.3. The van der Waals surface area contributed by atoms with E-state index in [1.54, 1.807) is 0 Å². The lowest BCUT2D eigenvalue weighted by atomic mass is 10.3. The first-order valence-corrected chi connectivity index (χ1v) is 8.60. The largest absolute Gasteiger partial charge is 0.126 e. The van der Waals surface area contributed by atoms with Gasteiger partial charge in [0, 0.05) is 15.0 Å².